The number of carbonyl (C=O) groups is 2. The van der Waals surface area contributed by atoms with Crippen molar-refractivity contribution in [3.05, 3.63) is 59.4 Å². The minimum absolute atomic E-state index is 0.190. The molecule has 4 rings (SSSR count). The van der Waals surface area contributed by atoms with Crippen LogP contribution < -0.4 is 4.90 Å². The molecule has 0 atom stereocenters. The van der Waals surface area contributed by atoms with Crippen molar-refractivity contribution in [2.45, 2.75) is 34.2 Å². The zero-order valence-electron chi connectivity index (χ0n) is 17.1. The number of carbonyl (C=O) groups excluding carboxylic acids is 2. The number of benzene rings is 1. The summed E-state index contributed by atoms with van der Waals surface area (Å²) in [6.07, 6.45) is 1.79. The van der Waals surface area contributed by atoms with Crippen LogP contribution in [0.5, 0.6) is 0 Å². The normalized spacial score (nSPS) is 15.3. The van der Waals surface area contributed by atoms with E-state index >= 15 is 0 Å². The summed E-state index contributed by atoms with van der Waals surface area (Å²) in [5, 5.41) is 0. The molecular formula is C22H29N3O3. The molecule has 1 fully saturated rings. The van der Waals surface area contributed by atoms with E-state index in [-0.39, 0.29) is 18.4 Å². The number of ether oxygens (including phenoxy) is 1. The number of imide groups is 1. The summed E-state index contributed by atoms with van der Waals surface area (Å²) in [4.78, 5) is 32.6. The fourth-order valence-electron chi connectivity index (χ4n) is 3.06. The minimum atomic E-state index is -0.255. The van der Waals surface area contributed by atoms with Gasteiger partial charge in [0.05, 0.1) is 48.5 Å². The summed E-state index contributed by atoms with van der Waals surface area (Å²) in [7, 11) is 0. The first kappa shape index (κ1) is 21.6. The van der Waals surface area contributed by atoms with Crippen molar-refractivity contribution in [3.8, 4) is 0 Å². The van der Waals surface area contributed by atoms with E-state index in [1.54, 1.807) is 30.5 Å². The standard InChI is InChI=1S/C18H17N3O3.2C2H6/c22-17-15-3-1-2-4-16(15)18(23)21(17)12-13-5-6-14(11-19-13)20-7-9-24-10-8-20;2*1-2/h1-6,11H,7-10,12H2;2*1-2H3. The lowest BCUT2D eigenvalue weighted by molar-refractivity contribution is 0.0640. The summed E-state index contributed by atoms with van der Waals surface area (Å²) in [5.74, 6) is -0.510. The smallest absolute Gasteiger partial charge is 0.261 e. The predicted molar refractivity (Wildman–Crippen MR) is 111 cm³/mol. The van der Waals surface area contributed by atoms with Crippen LogP contribution in [-0.2, 0) is 11.3 Å². The molecule has 28 heavy (non-hydrogen) atoms. The monoisotopic (exact) mass is 383 g/mol. The topological polar surface area (TPSA) is 62.7 Å². The van der Waals surface area contributed by atoms with E-state index in [9.17, 15) is 9.59 Å². The third-order valence-electron chi connectivity index (χ3n) is 4.38. The number of aromatic nitrogens is 1. The van der Waals surface area contributed by atoms with Crippen LogP contribution >= 0.6 is 0 Å². The SMILES string of the molecule is CC.CC.O=C1c2ccccc2C(=O)N1Cc1ccc(N2CCOCC2)cn1. The number of pyridine rings is 1. The minimum Gasteiger partial charge on any atom is -0.378 e. The molecule has 2 aromatic rings. The Balaban J connectivity index is 0.000000660. The second kappa shape index (κ2) is 10.6. The Bertz CT molecular complexity index is 749. The molecule has 2 amide bonds. The Labute approximate surface area is 167 Å². The zero-order chi connectivity index (χ0) is 20.5. The molecule has 2 aliphatic heterocycles. The molecule has 0 radical (unpaired) electrons. The number of amides is 2. The lowest BCUT2D eigenvalue weighted by Gasteiger charge is -2.28. The van der Waals surface area contributed by atoms with Crippen molar-refractivity contribution < 1.29 is 14.3 Å². The summed E-state index contributed by atoms with van der Waals surface area (Å²) in [6.45, 7) is 11.3. The van der Waals surface area contributed by atoms with Crippen molar-refractivity contribution in [2.24, 2.45) is 0 Å². The number of fused-ring (bicyclic) bond motifs is 1. The molecule has 3 heterocycles. The summed E-state index contributed by atoms with van der Waals surface area (Å²) in [5.41, 5.74) is 2.66. The van der Waals surface area contributed by atoms with Gasteiger partial charge in [-0.05, 0) is 24.3 Å². The van der Waals surface area contributed by atoms with Gasteiger partial charge < -0.3 is 9.64 Å². The van der Waals surface area contributed by atoms with Gasteiger partial charge >= 0.3 is 0 Å². The molecule has 6 heteroatoms. The molecule has 1 saturated heterocycles. The molecule has 1 aromatic heterocycles. The highest BCUT2D eigenvalue weighted by molar-refractivity contribution is 6.21. The van der Waals surface area contributed by atoms with Crippen LogP contribution in [-0.4, -0.2) is 48.0 Å². The number of morpholine rings is 1. The Morgan fingerprint density at radius 3 is 1.96 bits per heavy atom. The number of nitrogens with zero attached hydrogens (tertiary/aromatic N) is 3. The Morgan fingerprint density at radius 1 is 0.893 bits per heavy atom. The first-order valence-electron chi connectivity index (χ1n) is 9.97. The largest absolute Gasteiger partial charge is 0.378 e. The quantitative estimate of drug-likeness (QED) is 0.755. The Kier molecular flexibility index (Phi) is 8.14. The molecule has 0 N–H and O–H groups in total. The molecule has 0 unspecified atom stereocenters. The van der Waals surface area contributed by atoms with Gasteiger partial charge in [0.1, 0.15) is 0 Å². The van der Waals surface area contributed by atoms with E-state index in [1.165, 1.54) is 4.90 Å². The maximum Gasteiger partial charge on any atom is 0.261 e. The molecule has 0 spiro atoms. The highest BCUT2D eigenvalue weighted by Gasteiger charge is 2.35. The fraction of sp³-hybridized carbons (Fsp3) is 0.409. The first-order valence-corrected chi connectivity index (χ1v) is 9.97. The maximum atomic E-state index is 12.4. The van der Waals surface area contributed by atoms with Crippen LogP contribution in [0.25, 0.3) is 0 Å². The Morgan fingerprint density at radius 2 is 1.46 bits per heavy atom. The van der Waals surface area contributed by atoms with E-state index < -0.39 is 0 Å². The number of hydrogen-bond donors (Lipinski definition) is 0. The second-order valence-electron chi connectivity index (χ2n) is 5.85. The van der Waals surface area contributed by atoms with Gasteiger partial charge in [-0.3, -0.25) is 19.5 Å². The van der Waals surface area contributed by atoms with Gasteiger partial charge in [-0.15, -0.1) is 0 Å². The van der Waals surface area contributed by atoms with Gasteiger partial charge in [-0.1, -0.05) is 39.8 Å². The van der Waals surface area contributed by atoms with Crippen LogP contribution in [0.3, 0.4) is 0 Å². The Hall–Kier alpha value is -2.73. The van der Waals surface area contributed by atoms with Crippen LogP contribution in [0.4, 0.5) is 5.69 Å². The number of anilines is 1. The average Bonchev–Trinajstić information content (AvgIpc) is 3.03. The van der Waals surface area contributed by atoms with E-state index in [1.807, 2.05) is 39.8 Å². The number of hydrogen-bond acceptors (Lipinski definition) is 5. The first-order chi connectivity index (χ1) is 13.7. The van der Waals surface area contributed by atoms with Crippen molar-refractivity contribution in [3.63, 3.8) is 0 Å². The van der Waals surface area contributed by atoms with Crippen molar-refractivity contribution in [1.29, 1.82) is 0 Å². The summed E-state index contributed by atoms with van der Waals surface area (Å²) >= 11 is 0. The van der Waals surface area contributed by atoms with E-state index in [0.717, 1.165) is 32.0 Å². The predicted octanol–water partition coefficient (Wildman–Crippen LogP) is 3.77. The van der Waals surface area contributed by atoms with E-state index in [0.29, 0.717) is 16.8 Å². The van der Waals surface area contributed by atoms with Crippen LogP contribution in [0.15, 0.2) is 42.6 Å². The van der Waals surface area contributed by atoms with E-state index in [4.69, 9.17) is 4.74 Å². The van der Waals surface area contributed by atoms with Gasteiger partial charge in [0, 0.05) is 13.1 Å². The molecular weight excluding hydrogens is 354 g/mol. The summed E-state index contributed by atoms with van der Waals surface area (Å²) < 4.78 is 5.34. The molecule has 0 saturated carbocycles. The lowest BCUT2D eigenvalue weighted by atomic mass is 10.1. The van der Waals surface area contributed by atoms with Crippen LogP contribution in [0.1, 0.15) is 54.1 Å². The molecule has 150 valence electrons. The lowest BCUT2D eigenvalue weighted by Crippen LogP contribution is -2.36. The van der Waals surface area contributed by atoms with Crippen molar-refractivity contribution in [2.75, 3.05) is 31.2 Å². The third-order valence-corrected chi connectivity index (χ3v) is 4.38. The molecule has 1 aromatic carbocycles. The summed E-state index contributed by atoms with van der Waals surface area (Å²) in [6, 6.07) is 10.8. The maximum absolute atomic E-state index is 12.4. The van der Waals surface area contributed by atoms with Gasteiger partial charge in [-0.2, -0.15) is 0 Å². The van der Waals surface area contributed by atoms with Crippen molar-refractivity contribution >= 4 is 17.5 Å². The number of rotatable bonds is 3. The van der Waals surface area contributed by atoms with Gasteiger partial charge in [0.15, 0.2) is 0 Å². The van der Waals surface area contributed by atoms with Crippen molar-refractivity contribution in [1.82, 2.24) is 9.88 Å². The van der Waals surface area contributed by atoms with Gasteiger partial charge in [-0.25, -0.2) is 0 Å². The zero-order valence-corrected chi connectivity index (χ0v) is 17.1. The highest BCUT2D eigenvalue weighted by Crippen LogP contribution is 2.24. The fourth-order valence-corrected chi connectivity index (χ4v) is 3.06. The van der Waals surface area contributed by atoms with Gasteiger partial charge in [0.2, 0.25) is 0 Å². The molecule has 0 bridgehead atoms. The molecule has 0 aliphatic carbocycles. The van der Waals surface area contributed by atoms with Crippen LogP contribution in [0.2, 0.25) is 0 Å². The second-order valence-corrected chi connectivity index (χ2v) is 5.85. The van der Waals surface area contributed by atoms with Crippen LogP contribution in [0, 0.1) is 0 Å². The molecule has 2 aliphatic rings. The third kappa shape index (κ3) is 4.57. The average molecular weight is 383 g/mol. The highest BCUT2D eigenvalue weighted by atomic mass is 16.5. The van der Waals surface area contributed by atoms with Gasteiger partial charge in [0.25, 0.3) is 11.8 Å². The molecule has 6 nitrogen and oxygen atoms in total. The van der Waals surface area contributed by atoms with E-state index in [2.05, 4.69) is 9.88 Å².